The molecule has 3 aromatic rings. The molecule has 0 radical (unpaired) electrons. The molecule has 2 aromatic heterocycles. The number of rotatable bonds is 5. The fourth-order valence-corrected chi connectivity index (χ4v) is 4.51. The van der Waals surface area contributed by atoms with E-state index < -0.39 is 10.0 Å². The number of nitrogens with one attached hydrogen (secondary N) is 1. The first-order valence-electron chi connectivity index (χ1n) is 8.81. The molecule has 1 aromatic carbocycles. The van der Waals surface area contributed by atoms with Crippen molar-refractivity contribution in [3.8, 4) is 11.5 Å². The van der Waals surface area contributed by atoms with Crippen LogP contribution in [0.1, 0.15) is 23.9 Å². The Balaban J connectivity index is 1.48. The van der Waals surface area contributed by atoms with Gasteiger partial charge in [-0.1, -0.05) is 22.9 Å². The second-order valence-corrected chi connectivity index (χ2v) is 8.58. The Hall–Kier alpha value is -2.69. The summed E-state index contributed by atoms with van der Waals surface area (Å²) in [5, 5.41) is 3.97. The van der Waals surface area contributed by atoms with Crippen molar-refractivity contribution < 1.29 is 12.9 Å². The van der Waals surface area contributed by atoms with E-state index in [0.29, 0.717) is 30.4 Å². The van der Waals surface area contributed by atoms with Gasteiger partial charge >= 0.3 is 0 Å². The van der Waals surface area contributed by atoms with E-state index in [1.807, 2.05) is 18.9 Å². The molecule has 1 N–H and O–H groups in total. The van der Waals surface area contributed by atoms with Crippen LogP contribution < -0.4 is 4.72 Å². The molecule has 4 rings (SSSR count). The fraction of sp³-hybridized carbons (Fsp3) is 0.333. The lowest BCUT2D eigenvalue weighted by Gasteiger charge is -2.14. The van der Waals surface area contributed by atoms with Gasteiger partial charge in [0, 0.05) is 25.0 Å². The van der Waals surface area contributed by atoms with Crippen LogP contribution in [-0.4, -0.2) is 53.1 Å². The Morgan fingerprint density at radius 2 is 2.00 bits per heavy atom. The largest absolute Gasteiger partial charge is 0.337 e. The second kappa shape index (κ2) is 7.38. The van der Waals surface area contributed by atoms with Crippen LogP contribution in [0.25, 0.3) is 11.5 Å². The summed E-state index contributed by atoms with van der Waals surface area (Å²) in [4.78, 5) is 14.8. The summed E-state index contributed by atoms with van der Waals surface area (Å²) in [5.41, 5.74) is 1.53. The number of likely N-dealkylation sites (tertiary alicyclic amines) is 1. The minimum atomic E-state index is -3.59. The molecule has 0 spiro atoms. The molecule has 1 fully saturated rings. The number of aromatic nitrogens is 4. The lowest BCUT2D eigenvalue weighted by molar-refractivity contribution is 0.244. The van der Waals surface area contributed by atoms with Crippen molar-refractivity contribution in [2.75, 3.05) is 13.6 Å². The van der Waals surface area contributed by atoms with Gasteiger partial charge in [-0.3, -0.25) is 9.88 Å². The highest BCUT2D eigenvalue weighted by molar-refractivity contribution is 7.89. The van der Waals surface area contributed by atoms with Gasteiger partial charge in [-0.05, 0) is 32.5 Å². The van der Waals surface area contributed by atoms with Gasteiger partial charge in [0.05, 0.1) is 17.1 Å². The number of benzene rings is 1. The molecule has 0 saturated carbocycles. The average Bonchev–Trinajstić information content (AvgIpc) is 3.29. The molecule has 0 bridgehead atoms. The topological polar surface area (TPSA) is 114 Å². The third kappa shape index (κ3) is 3.79. The van der Waals surface area contributed by atoms with E-state index in [1.165, 1.54) is 0 Å². The van der Waals surface area contributed by atoms with Crippen LogP contribution in [0.3, 0.4) is 0 Å². The third-order valence-corrected chi connectivity index (χ3v) is 6.26. The van der Waals surface area contributed by atoms with E-state index in [-0.39, 0.29) is 17.0 Å². The van der Waals surface area contributed by atoms with Crippen molar-refractivity contribution in [3.63, 3.8) is 0 Å². The van der Waals surface area contributed by atoms with Crippen LogP contribution >= 0.6 is 0 Å². The summed E-state index contributed by atoms with van der Waals surface area (Å²) >= 11 is 0. The number of aryl methyl sites for hydroxylation is 1. The van der Waals surface area contributed by atoms with Crippen LogP contribution in [0.5, 0.6) is 0 Å². The molecule has 146 valence electrons. The van der Waals surface area contributed by atoms with Gasteiger partial charge in [0.15, 0.2) is 0 Å². The van der Waals surface area contributed by atoms with Crippen molar-refractivity contribution in [1.82, 2.24) is 29.7 Å². The number of hydrogen-bond acceptors (Lipinski definition) is 8. The Morgan fingerprint density at radius 1 is 1.21 bits per heavy atom. The van der Waals surface area contributed by atoms with E-state index in [2.05, 4.69) is 24.8 Å². The lowest BCUT2D eigenvalue weighted by Crippen LogP contribution is -2.36. The Labute approximate surface area is 162 Å². The highest BCUT2D eigenvalue weighted by atomic mass is 32.2. The van der Waals surface area contributed by atoms with Crippen molar-refractivity contribution in [1.29, 1.82) is 0 Å². The molecule has 0 aliphatic carbocycles. The van der Waals surface area contributed by atoms with Crippen LogP contribution in [-0.2, 0) is 10.0 Å². The van der Waals surface area contributed by atoms with E-state index >= 15 is 0 Å². The zero-order valence-corrected chi connectivity index (χ0v) is 16.3. The minimum Gasteiger partial charge on any atom is -0.337 e. The summed E-state index contributed by atoms with van der Waals surface area (Å²) in [6.45, 7) is 2.46. The normalized spacial score (nSPS) is 20.5. The maximum atomic E-state index is 12.6. The van der Waals surface area contributed by atoms with Crippen molar-refractivity contribution in [3.05, 3.63) is 54.3 Å². The van der Waals surface area contributed by atoms with E-state index in [0.717, 1.165) is 5.56 Å². The van der Waals surface area contributed by atoms with Gasteiger partial charge in [-0.2, -0.15) is 4.98 Å². The quantitative estimate of drug-likeness (QED) is 0.686. The maximum absolute atomic E-state index is 12.6. The molecule has 1 saturated heterocycles. The first-order chi connectivity index (χ1) is 13.4. The fourth-order valence-electron chi connectivity index (χ4n) is 3.27. The molecule has 2 atom stereocenters. The van der Waals surface area contributed by atoms with Crippen molar-refractivity contribution in [2.24, 2.45) is 0 Å². The van der Waals surface area contributed by atoms with Crippen LogP contribution in [0.2, 0.25) is 0 Å². The first kappa shape index (κ1) is 18.7. The van der Waals surface area contributed by atoms with E-state index in [4.69, 9.17) is 4.52 Å². The van der Waals surface area contributed by atoms with E-state index in [1.54, 1.807) is 42.9 Å². The summed E-state index contributed by atoms with van der Waals surface area (Å²) in [6, 6.07) is 6.35. The smallest absolute Gasteiger partial charge is 0.244 e. The second-order valence-electron chi connectivity index (χ2n) is 6.87. The number of hydrogen-bond donors (Lipinski definition) is 1. The summed E-state index contributed by atoms with van der Waals surface area (Å²) in [6.07, 6.45) is 5.22. The first-order valence-corrected chi connectivity index (χ1v) is 10.3. The molecule has 9 nitrogen and oxygen atoms in total. The Bertz CT molecular complexity index is 1050. The monoisotopic (exact) mass is 400 g/mol. The minimum absolute atomic E-state index is 0.177. The number of likely N-dealkylation sites (N-methyl/N-ethyl adjacent to an activating group) is 1. The van der Waals surface area contributed by atoms with Gasteiger partial charge in [0.2, 0.25) is 21.7 Å². The van der Waals surface area contributed by atoms with Crippen molar-refractivity contribution in [2.45, 2.75) is 30.3 Å². The number of sulfonamides is 1. The molecule has 1 aliphatic heterocycles. The molecule has 28 heavy (non-hydrogen) atoms. The molecule has 0 amide bonds. The highest BCUT2D eigenvalue weighted by Crippen LogP contribution is 2.31. The van der Waals surface area contributed by atoms with Crippen LogP contribution in [0, 0.1) is 6.92 Å². The summed E-state index contributed by atoms with van der Waals surface area (Å²) in [7, 11) is -1.69. The molecule has 1 aliphatic rings. The Kier molecular flexibility index (Phi) is 4.92. The molecule has 10 heteroatoms. The zero-order valence-electron chi connectivity index (χ0n) is 15.5. The van der Waals surface area contributed by atoms with Gasteiger partial charge in [-0.25, -0.2) is 18.1 Å². The zero-order chi connectivity index (χ0) is 19.7. The standard InChI is InChI=1S/C18H20N6O3S/c1-12-3-5-14(6-4-12)28(25,26)23-13-9-16(24(2)11-13)18-21-17(22-27-18)15-10-19-7-8-20-15/h3-8,10,13,16,23H,9,11H2,1-2H3/t13-,16-/m0/s1. The predicted molar refractivity (Wildman–Crippen MR) is 101 cm³/mol. The van der Waals surface area contributed by atoms with E-state index in [9.17, 15) is 8.42 Å². The van der Waals surface area contributed by atoms with Gasteiger partial charge in [0.1, 0.15) is 5.69 Å². The van der Waals surface area contributed by atoms with Gasteiger partial charge in [-0.15, -0.1) is 0 Å². The highest BCUT2D eigenvalue weighted by Gasteiger charge is 2.36. The summed E-state index contributed by atoms with van der Waals surface area (Å²) < 4.78 is 33.5. The van der Waals surface area contributed by atoms with Gasteiger partial charge in [0.25, 0.3) is 0 Å². The third-order valence-electron chi connectivity index (χ3n) is 4.72. The molecular weight excluding hydrogens is 380 g/mol. The number of nitrogens with zero attached hydrogens (tertiary/aromatic N) is 5. The van der Waals surface area contributed by atoms with Crippen LogP contribution in [0.15, 0.2) is 52.3 Å². The average molecular weight is 400 g/mol. The predicted octanol–water partition coefficient (Wildman–Crippen LogP) is 1.56. The molecule has 0 unspecified atom stereocenters. The summed E-state index contributed by atoms with van der Waals surface area (Å²) in [5.74, 6) is 0.792. The van der Waals surface area contributed by atoms with Crippen molar-refractivity contribution >= 4 is 10.0 Å². The SMILES string of the molecule is Cc1ccc(S(=O)(=O)N[C@H]2C[C@@H](c3nc(-c4cnccn4)no3)N(C)C2)cc1. The van der Waals surface area contributed by atoms with Gasteiger partial charge < -0.3 is 4.52 Å². The lowest BCUT2D eigenvalue weighted by atomic mass is 10.2. The van der Waals surface area contributed by atoms with Crippen LogP contribution in [0.4, 0.5) is 0 Å². The maximum Gasteiger partial charge on any atom is 0.244 e. The molecule has 3 heterocycles. The Morgan fingerprint density at radius 3 is 2.71 bits per heavy atom. The molecular formula is C18H20N6O3S.